The number of halogens is 1. The van der Waals surface area contributed by atoms with Gasteiger partial charge in [0.2, 0.25) is 21.1 Å². The Balaban J connectivity index is 1.43. The van der Waals surface area contributed by atoms with E-state index in [9.17, 15) is 13.2 Å². The van der Waals surface area contributed by atoms with Gasteiger partial charge in [-0.15, -0.1) is 10.2 Å². The predicted molar refractivity (Wildman–Crippen MR) is 123 cm³/mol. The van der Waals surface area contributed by atoms with Crippen LogP contribution in [-0.2, 0) is 14.8 Å². The van der Waals surface area contributed by atoms with Crippen molar-refractivity contribution in [3.05, 3.63) is 53.6 Å². The van der Waals surface area contributed by atoms with Crippen LogP contribution in [0, 0.1) is 5.92 Å². The Labute approximate surface area is 195 Å². The summed E-state index contributed by atoms with van der Waals surface area (Å²) in [6, 6.07) is 13.4. The van der Waals surface area contributed by atoms with E-state index in [1.165, 1.54) is 34.9 Å². The lowest BCUT2D eigenvalue weighted by Crippen LogP contribution is -2.43. The fourth-order valence-corrected chi connectivity index (χ4v) is 5.86. The number of rotatable bonds is 6. The molecule has 0 aliphatic carbocycles. The third kappa shape index (κ3) is 4.93. The van der Waals surface area contributed by atoms with Gasteiger partial charge in [-0.3, -0.25) is 4.79 Å². The molecular formula is C21H21ClN4O4S2. The maximum absolute atomic E-state index is 13.0. The van der Waals surface area contributed by atoms with Crippen LogP contribution in [0.15, 0.2) is 53.4 Å². The molecule has 0 radical (unpaired) electrons. The van der Waals surface area contributed by atoms with Gasteiger partial charge < -0.3 is 10.1 Å². The summed E-state index contributed by atoms with van der Waals surface area (Å²) in [6.07, 6.45) is 1.20. The van der Waals surface area contributed by atoms with Crippen LogP contribution in [0.25, 0.3) is 10.6 Å². The number of piperidine rings is 1. The number of nitrogens with zero attached hydrogens (tertiary/aromatic N) is 3. The molecule has 11 heteroatoms. The van der Waals surface area contributed by atoms with Crippen LogP contribution in [0.2, 0.25) is 5.02 Å². The number of anilines is 1. The van der Waals surface area contributed by atoms with E-state index in [4.69, 9.17) is 16.3 Å². The smallest absolute Gasteiger partial charge is 0.243 e. The first-order chi connectivity index (χ1) is 15.4. The number of ether oxygens (including phenoxy) is 1. The van der Waals surface area contributed by atoms with Gasteiger partial charge in [0.1, 0.15) is 10.8 Å². The minimum atomic E-state index is -3.70. The van der Waals surface area contributed by atoms with Crippen LogP contribution in [0.5, 0.6) is 5.75 Å². The molecule has 0 spiro atoms. The van der Waals surface area contributed by atoms with Crippen molar-refractivity contribution in [1.82, 2.24) is 14.5 Å². The minimum Gasteiger partial charge on any atom is -0.497 e. The molecule has 0 bridgehead atoms. The van der Waals surface area contributed by atoms with Crippen LogP contribution in [0.3, 0.4) is 0 Å². The summed E-state index contributed by atoms with van der Waals surface area (Å²) in [5.41, 5.74) is 0.849. The van der Waals surface area contributed by atoms with Gasteiger partial charge >= 0.3 is 0 Å². The van der Waals surface area contributed by atoms with E-state index in [0.717, 1.165) is 5.56 Å². The second kappa shape index (κ2) is 9.53. The highest BCUT2D eigenvalue weighted by molar-refractivity contribution is 7.89. The van der Waals surface area contributed by atoms with Gasteiger partial charge in [0.15, 0.2) is 0 Å². The van der Waals surface area contributed by atoms with Gasteiger partial charge in [0.05, 0.1) is 17.9 Å². The SMILES string of the molecule is COc1ccc(S(=O)(=O)N2CCCC(C(=O)Nc3nnc(-c4ccc(Cl)cc4)s3)C2)cc1. The Hall–Kier alpha value is -2.53. The molecule has 1 amide bonds. The lowest BCUT2D eigenvalue weighted by molar-refractivity contribution is -0.120. The van der Waals surface area contributed by atoms with Gasteiger partial charge in [-0.25, -0.2) is 8.42 Å². The Morgan fingerprint density at radius 1 is 1.16 bits per heavy atom. The molecule has 1 aromatic heterocycles. The van der Waals surface area contributed by atoms with Crippen LogP contribution in [0.4, 0.5) is 5.13 Å². The minimum absolute atomic E-state index is 0.114. The molecule has 2 aromatic carbocycles. The quantitative estimate of drug-likeness (QED) is 0.559. The number of carbonyl (C=O) groups is 1. The summed E-state index contributed by atoms with van der Waals surface area (Å²) in [4.78, 5) is 13.0. The zero-order chi connectivity index (χ0) is 22.7. The fraction of sp³-hybridized carbons (Fsp3) is 0.286. The van der Waals surface area contributed by atoms with Crippen molar-refractivity contribution in [3.8, 4) is 16.3 Å². The number of amides is 1. The number of methoxy groups -OCH3 is 1. The van der Waals surface area contributed by atoms with E-state index >= 15 is 0 Å². The normalized spacial score (nSPS) is 17.1. The molecule has 1 atom stereocenters. The van der Waals surface area contributed by atoms with Crippen molar-refractivity contribution in [2.24, 2.45) is 5.92 Å². The molecule has 1 aliphatic rings. The van der Waals surface area contributed by atoms with E-state index < -0.39 is 15.9 Å². The number of benzene rings is 2. The fourth-order valence-electron chi connectivity index (χ4n) is 3.46. The molecule has 1 fully saturated rings. The monoisotopic (exact) mass is 492 g/mol. The molecule has 2 heterocycles. The lowest BCUT2D eigenvalue weighted by atomic mass is 9.99. The number of sulfonamides is 1. The standard InChI is InChI=1S/C21H21ClN4O4S2/c1-30-17-8-10-18(11-9-17)32(28,29)26-12-2-3-15(13-26)19(27)23-21-25-24-20(31-21)14-4-6-16(22)7-5-14/h4-11,15H,2-3,12-13H2,1H3,(H,23,25,27). The van der Waals surface area contributed by atoms with Crippen molar-refractivity contribution in [2.45, 2.75) is 17.7 Å². The van der Waals surface area contributed by atoms with Crippen molar-refractivity contribution in [3.63, 3.8) is 0 Å². The van der Waals surface area contributed by atoms with E-state index in [0.29, 0.717) is 40.3 Å². The molecule has 4 rings (SSSR count). The van der Waals surface area contributed by atoms with E-state index in [1.807, 2.05) is 12.1 Å². The molecule has 1 aliphatic heterocycles. The molecule has 32 heavy (non-hydrogen) atoms. The van der Waals surface area contributed by atoms with Crippen LogP contribution < -0.4 is 10.1 Å². The summed E-state index contributed by atoms with van der Waals surface area (Å²) in [6.45, 7) is 0.487. The lowest BCUT2D eigenvalue weighted by Gasteiger charge is -2.31. The molecule has 8 nitrogen and oxygen atoms in total. The molecule has 0 saturated carbocycles. The zero-order valence-corrected chi connectivity index (χ0v) is 19.6. The number of carbonyl (C=O) groups excluding carboxylic acids is 1. The molecule has 1 unspecified atom stereocenters. The second-order valence-electron chi connectivity index (χ2n) is 7.29. The Bertz CT molecular complexity index is 1200. The summed E-state index contributed by atoms with van der Waals surface area (Å²) >= 11 is 7.16. The third-order valence-electron chi connectivity index (χ3n) is 5.20. The van der Waals surface area contributed by atoms with E-state index in [2.05, 4.69) is 15.5 Å². The Morgan fingerprint density at radius 2 is 1.88 bits per heavy atom. The maximum Gasteiger partial charge on any atom is 0.243 e. The van der Waals surface area contributed by atoms with Crippen molar-refractivity contribution >= 4 is 44.0 Å². The van der Waals surface area contributed by atoms with Crippen molar-refractivity contribution in [2.75, 3.05) is 25.5 Å². The second-order valence-corrected chi connectivity index (χ2v) is 10.6. The number of hydrogen-bond acceptors (Lipinski definition) is 7. The molecule has 1 N–H and O–H groups in total. The topological polar surface area (TPSA) is 101 Å². The first kappa shape index (κ1) is 22.7. The van der Waals surface area contributed by atoms with Gasteiger partial charge in [-0.05, 0) is 49.2 Å². The predicted octanol–water partition coefficient (Wildman–Crippen LogP) is 3.91. The number of hydrogen-bond donors (Lipinski definition) is 1. The Morgan fingerprint density at radius 3 is 2.56 bits per heavy atom. The average Bonchev–Trinajstić information content (AvgIpc) is 3.28. The van der Waals surface area contributed by atoms with E-state index in [1.54, 1.807) is 24.3 Å². The molecule has 1 saturated heterocycles. The van der Waals surface area contributed by atoms with Gasteiger partial charge in [-0.2, -0.15) is 4.31 Å². The number of nitrogens with one attached hydrogen (secondary N) is 1. The average molecular weight is 493 g/mol. The summed E-state index contributed by atoms with van der Waals surface area (Å²) in [5.74, 6) is -0.159. The first-order valence-electron chi connectivity index (χ1n) is 9.91. The van der Waals surface area contributed by atoms with Crippen molar-refractivity contribution in [1.29, 1.82) is 0 Å². The van der Waals surface area contributed by atoms with Gasteiger partial charge in [0.25, 0.3) is 0 Å². The van der Waals surface area contributed by atoms with Gasteiger partial charge in [-0.1, -0.05) is 35.1 Å². The first-order valence-corrected chi connectivity index (χ1v) is 12.5. The van der Waals surface area contributed by atoms with Crippen LogP contribution in [0.1, 0.15) is 12.8 Å². The molecular weight excluding hydrogens is 472 g/mol. The highest BCUT2D eigenvalue weighted by Gasteiger charge is 2.33. The molecule has 3 aromatic rings. The third-order valence-corrected chi connectivity index (χ3v) is 8.22. The Kier molecular flexibility index (Phi) is 6.75. The number of aromatic nitrogens is 2. The zero-order valence-electron chi connectivity index (χ0n) is 17.2. The maximum atomic E-state index is 13.0. The highest BCUT2D eigenvalue weighted by Crippen LogP contribution is 2.29. The van der Waals surface area contributed by atoms with Crippen LogP contribution >= 0.6 is 22.9 Å². The summed E-state index contributed by atoms with van der Waals surface area (Å²) in [5, 5.41) is 12.6. The summed E-state index contributed by atoms with van der Waals surface area (Å²) < 4.78 is 32.5. The van der Waals surface area contributed by atoms with Gasteiger partial charge in [0, 0.05) is 23.7 Å². The van der Waals surface area contributed by atoms with E-state index in [-0.39, 0.29) is 17.3 Å². The largest absolute Gasteiger partial charge is 0.497 e. The summed E-state index contributed by atoms with van der Waals surface area (Å²) in [7, 11) is -2.18. The van der Waals surface area contributed by atoms with Crippen LogP contribution in [-0.4, -0.2) is 49.0 Å². The highest BCUT2D eigenvalue weighted by atomic mass is 35.5. The molecule has 168 valence electrons. The van der Waals surface area contributed by atoms with Crippen molar-refractivity contribution < 1.29 is 17.9 Å².